The van der Waals surface area contributed by atoms with Gasteiger partial charge in [0.2, 0.25) is 5.91 Å². The van der Waals surface area contributed by atoms with Crippen molar-refractivity contribution in [1.82, 2.24) is 4.98 Å². The Bertz CT molecular complexity index is 878. The molecule has 0 aliphatic heterocycles. The van der Waals surface area contributed by atoms with Crippen LogP contribution in [0.2, 0.25) is 0 Å². The first-order valence-electron chi connectivity index (χ1n) is 12.7. The summed E-state index contributed by atoms with van der Waals surface area (Å²) in [6.45, 7) is 3.34. The molecule has 5 rings (SSSR count). The first-order valence-corrected chi connectivity index (χ1v) is 12.7. The van der Waals surface area contributed by atoms with Crippen molar-refractivity contribution in [2.24, 2.45) is 46.8 Å². The minimum Gasteiger partial charge on any atom is -0.384 e. The molecular weight excluding hydrogens is 398 g/mol. The third-order valence-electron chi connectivity index (χ3n) is 9.93. The summed E-state index contributed by atoms with van der Waals surface area (Å²) in [5.74, 6) is 5.69. The summed E-state index contributed by atoms with van der Waals surface area (Å²) in [5, 5.41) is 12.0. The summed E-state index contributed by atoms with van der Waals surface area (Å²) in [6.07, 6.45) is 13.0. The molecule has 32 heavy (non-hydrogen) atoms. The summed E-state index contributed by atoms with van der Waals surface area (Å²) in [6, 6.07) is 5.53. The van der Waals surface area contributed by atoms with Crippen LogP contribution in [0.25, 0.3) is 0 Å². The van der Waals surface area contributed by atoms with Gasteiger partial charge in [-0.1, -0.05) is 6.92 Å². The number of rotatable bonds is 4. The number of hydrogen-bond donors (Lipinski definition) is 1. The number of nitriles is 1. The van der Waals surface area contributed by atoms with Gasteiger partial charge in [0.15, 0.2) is 0 Å². The van der Waals surface area contributed by atoms with Gasteiger partial charge in [0, 0.05) is 25.8 Å². The molecule has 1 aromatic rings. The number of nitrogens with zero attached hydrogens (tertiary/aromatic N) is 2. The second kappa shape index (κ2) is 8.78. The number of amides is 1. The highest BCUT2D eigenvalue weighted by atomic mass is 16.5. The molecule has 4 saturated carbocycles. The van der Waals surface area contributed by atoms with E-state index in [0.29, 0.717) is 17.3 Å². The first-order chi connectivity index (χ1) is 15.5. The van der Waals surface area contributed by atoms with Gasteiger partial charge in [0.25, 0.3) is 0 Å². The number of aromatic nitrogens is 1. The molecule has 0 spiro atoms. The van der Waals surface area contributed by atoms with Crippen molar-refractivity contribution in [3.05, 3.63) is 23.9 Å². The van der Waals surface area contributed by atoms with Crippen LogP contribution >= 0.6 is 0 Å². The molecule has 4 aliphatic carbocycles. The van der Waals surface area contributed by atoms with Gasteiger partial charge in [-0.05, 0) is 111 Å². The normalized spacial score (nSPS) is 40.5. The van der Waals surface area contributed by atoms with Crippen LogP contribution in [0.5, 0.6) is 0 Å². The van der Waals surface area contributed by atoms with Crippen molar-refractivity contribution in [3.63, 3.8) is 0 Å². The summed E-state index contributed by atoms with van der Waals surface area (Å²) in [5.41, 5.74) is 0.624. The van der Waals surface area contributed by atoms with Gasteiger partial charge in [0.1, 0.15) is 11.9 Å². The molecule has 8 atom stereocenters. The fourth-order valence-corrected chi connectivity index (χ4v) is 8.52. The largest absolute Gasteiger partial charge is 0.384 e. The molecule has 5 nitrogen and oxygen atoms in total. The van der Waals surface area contributed by atoms with Gasteiger partial charge in [0.05, 0.1) is 5.56 Å². The van der Waals surface area contributed by atoms with Crippen molar-refractivity contribution in [2.75, 3.05) is 19.0 Å². The van der Waals surface area contributed by atoms with Crippen LogP contribution < -0.4 is 5.32 Å². The SMILES string of the molecule is COCC1CCC2C(CCC3C2CCC2(C)C(C(=O)Nc4ccc(C#N)cn4)CCC32)C1. The Morgan fingerprint density at radius 1 is 1.16 bits per heavy atom. The lowest BCUT2D eigenvalue weighted by Crippen LogP contribution is -2.50. The Morgan fingerprint density at radius 2 is 2.00 bits per heavy atom. The lowest BCUT2D eigenvalue weighted by molar-refractivity contribution is -0.127. The van der Waals surface area contributed by atoms with Crippen LogP contribution in [0.4, 0.5) is 5.82 Å². The highest BCUT2D eigenvalue weighted by Gasteiger charge is 2.58. The molecule has 5 heteroatoms. The second-order valence-corrected chi connectivity index (χ2v) is 11.3. The van der Waals surface area contributed by atoms with E-state index < -0.39 is 0 Å². The number of carbonyl (C=O) groups is 1. The van der Waals surface area contributed by atoms with Crippen LogP contribution in [0.3, 0.4) is 0 Å². The maximum absolute atomic E-state index is 13.3. The molecule has 0 saturated heterocycles. The Morgan fingerprint density at radius 3 is 2.75 bits per heavy atom. The molecule has 0 bridgehead atoms. The molecule has 1 heterocycles. The van der Waals surface area contributed by atoms with Crippen molar-refractivity contribution < 1.29 is 9.53 Å². The van der Waals surface area contributed by atoms with E-state index in [1.165, 1.54) is 57.6 Å². The number of carbonyl (C=O) groups excluding carboxylic acids is 1. The number of methoxy groups -OCH3 is 1. The number of anilines is 1. The molecule has 8 unspecified atom stereocenters. The summed E-state index contributed by atoms with van der Waals surface area (Å²) in [4.78, 5) is 17.5. The molecule has 1 N–H and O–H groups in total. The lowest BCUT2D eigenvalue weighted by atomic mass is 9.49. The van der Waals surface area contributed by atoms with Crippen molar-refractivity contribution in [1.29, 1.82) is 5.26 Å². The molecule has 4 aliphatic rings. The Kier molecular flexibility index (Phi) is 6.01. The molecule has 1 amide bonds. The summed E-state index contributed by atoms with van der Waals surface area (Å²) < 4.78 is 5.47. The molecule has 0 radical (unpaired) electrons. The Labute approximate surface area is 192 Å². The van der Waals surface area contributed by atoms with Crippen LogP contribution in [0.1, 0.15) is 70.3 Å². The highest BCUT2D eigenvalue weighted by Crippen LogP contribution is 2.64. The van der Waals surface area contributed by atoms with E-state index in [1.54, 1.807) is 12.1 Å². The molecular formula is C27H37N3O2. The number of pyridine rings is 1. The predicted octanol–water partition coefficient (Wildman–Crippen LogP) is 5.42. The van der Waals surface area contributed by atoms with Crippen LogP contribution in [-0.4, -0.2) is 24.6 Å². The van der Waals surface area contributed by atoms with Crippen molar-refractivity contribution in [3.8, 4) is 6.07 Å². The zero-order chi connectivity index (χ0) is 22.3. The van der Waals surface area contributed by atoms with Gasteiger partial charge < -0.3 is 10.1 Å². The number of nitrogens with one attached hydrogen (secondary N) is 1. The van der Waals surface area contributed by atoms with Gasteiger partial charge >= 0.3 is 0 Å². The van der Waals surface area contributed by atoms with Gasteiger partial charge in [-0.2, -0.15) is 5.26 Å². The Hall–Kier alpha value is -1.93. The maximum atomic E-state index is 13.3. The van der Waals surface area contributed by atoms with Gasteiger partial charge in [-0.3, -0.25) is 4.79 Å². The fraction of sp³-hybridized carbons (Fsp3) is 0.741. The predicted molar refractivity (Wildman–Crippen MR) is 124 cm³/mol. The standard InChI is InChI=1S/C27H37N3O2/c1-27-12-11-21-20-6-3-17(16-32-2)13-19(20)5-7-22(21)23(27)8-9-24(27)26(31)30-25-10-4-18(14-28)15-29-25/h4,10,15,17,19-24H,3,5-9,11-13,16H2,1-2H3,(H,29,30,31). The van der Waals surface area contributed by atoms with E-state index in [-0.39, 0.29) is 17.2 Å². The van der Waals surface area contributed by atoms with Crippen LogP contribution in [0.15, 0.2) is 18.3 Å². The monoisotopic (exact) mass is 435 g/mol. The molecule has 172 valence electrons. The van der Waals surface area contributed by atoms with E-state index in [2.05, 4.69) is 23.3 Å². The molecule has 0 aromatic carbocycles. The third kappa shape index (κ3) is 3.75. The minimum atomic E-state index is 0.0704. The van der Waals surface area contributed by atoms with E-state index >= 15 is 0 Å². The average Bonchev–Trinajstić information content (AvgIpc) is 3.17. The maximum Gasteiger partial charge on any atom is 0.229 e. The number of ether oxygens (including phenoxy) is 1. The highest BCUT2D eigenvalue weighted by molar-refractivity contribution is 5.92. The number of fused-ring (bicyclic) bond motifs is 5. The topological polar surface area (TPSA) is 75.0 Å². The Balaban J connectivity index is 1.26. The molecule has 1 aromatic heterocycles. The first kappa shape index (κ1) is 21.9. The zero-order valence-corrected chi connectivity index (χ0v) is 19.6. The zero-order valence-electron chi connectivity index (χ0n) is 19.6. The van der Waals surface area contributed by atoms with Gasteiger partial charge in [-0.25, -0.2) is 4.98 Å². The van der Waals surface area contributed by atoms with E-state index in [4.69, 9.17) is 10.00 Å². The minimum absolute atomic E-state index is 0.0704. The van der Waals surface area contributed by atoms with E-state index in [0.717, 1.165) is 42.6 Å². The summed E-state index contributed by atoms with van der Waals surface area (Å²) >= 11 is 0. The number of hydrogen-bond acceptors (Lipinski definition) is 4. The lowest BCUT2D eigenvalue weighted by Gasteiger charge is -2.56. The van der Waals surface area contributed by atoms with Crippen LogP contribution in [-0.2, 0) is 9.53 Å². The van der Waals surface area contributed by atoms with Gasteiger partial charge in [-0.15, -0.1) is 0 Å². The van der Waals surface area contributed by atoms with Crippen molar-refractivity contribution >= 4 is 11.7 Å². The molecule has 4 fully saturated rings. The quantitative estimate of drug-likeness (QED) is 0.685. The van der Waals surface area contributed by atoms with Crippen LogP contribution in [0, 0.1) is 58.2 Å². The van der Waals surface area contributed by atoms with E-state index in [1.807, 2.05) is 7.11 Å². The third-order valence-corrected chi connectivity index (χ3v) is 9.93. The fourth-order valence-electron chi connectivity index (χ4n) is 8.52. The second-order valence-electron chi connectivity index (χ2n) is 11.3. The summed E-state index contributed by atoms with van der Waals surface area (Å²) in [7, 11) is 1.84. The smallest absolute Gasteiger partial charge is 0.229 e. The van der Waals surface area contributed by atoms with E-state index in [9.17, 15) is 4.79 Å². The van der Waals surface area contributed by atoms with Crippen molar-refractivity contribution in [2.45, 2.75) is 64.7 Å². The average molecular weight is 436 g/mol.